The summed E-state index contributed by atoms with van der Waals surface area (Å²) in [7, 11) is 0. The van der Waals surface area contributed by atoms with Crippen LogP contribution in [0.15, 0.2) is 54.3 Å². The Kier molecular flexibility index (Phi) is 4.24. The number of pyridine rings is 1. The SMILES string of the molecule is OC(c1c(C2CC2)ccc2cncn12)C1CCC(c2ccc3sccc3c2)CC1. The van der Waals surface area contributed by atoms with Crippen molar-refractivity contribution < 1.29 is 5.11 Å². The molecule has 2 aliphatic rings. The molecule has 1 atom stereocenters. The number of rotatable bonds is 4. The Morgan fingerprint density at radius 1 is 0.966 bits per heavy atom. The first kappa shape index (κ1) is 17.7. The van der Waals surface area contributed by atoms with Gasteiger partial charge in [-0.25, -0.2) is 4.98 Å². The lowest BCUT2D eigenvalue weighted by Gasteiger charge is -2.33. The standard InChI is InChI=1S/C25H26N2OS/c28-25(24-22(17-3-4-17)9-8-21-14-26-15-27(21)24)18-5-1-16(2-6-18)19-7-10-23-20(13-19)11-12-29-23/h7-18,25,28H,1-6H2. The average molecular weight is 403 g/mol. The van der Waals surface area contributed by atoms with Gasteiger partial charge in [0.15, 0.2) is 0 Å². The van der Waals surface area contributed by atoms with Gasteiger partial charge in [0.2, 0.25) is 0 Å². The maximum atomic E-state index is 11.4. The Morgan fingerprint density at radius 2 is 1.79 bits per heavy atom. The van der Waals surface area contributed by atoms with Crippen LogP contribution in [0.2, 0.25) is 0 Å². The summed E-state index contributed by atoms with van der Waals surface area (Å²) in [5.74, 6) is 1.58. The van der Waals surface area contributed by atoms with Crippen molar-refractivity contribution in [1.82, 2.24) is 9.38 Å². The van der Waals surface area contributed by atoms with Crippen molar-refractivity contribution in [2.75, 3.05) is 0 Å². The van der Waals surface area contributed by atoms with Crippen LogP contribution in [0.4, 0.5) is 0 Å². The molecular formula is C25H26N2OS. The summed E-state index contributed by atoms with van der Waals surface area (Å²) in [6.45, 7) is 0. The minimum atomic E-state index is -0.399. The number of thiophene rings is 1. The molecule has 29 heavy (non-hydrogen) atoms. The highest BCUT2D eigenvalue weighted by Gasteiger charge is 2.34. The van der Waals surface area contributed by atoms with Gasteiger partial charge in [-0.3, -0.25) is 0 Å². The minimum absolute atomic E-state index is 0.335. The number of hydrogen-bond acceptors (Lipinski definition) is 3. The molecule has 2 aliphatic carbocycles. The number of aromatic nitrogens is 2. The Hall–Kier alpha value is -2.17. The molecular weight excluding hydrogens is 376 g/mol. The van der Waals surface area contributed by atoms with E-state index in [-0.39, 0.29) is 0 Å². The molecule has 1 unspecified atom stereocenters. The molecule has 0 aliphatic heterocycles. The number of nitrogens with zero attached hydrogens (tertiary/aromatic N) is 2. The molecule has 3 heterocycles. The van der Waals surface area contributed by atoms with Crippen LogP contribution < -0.4 is 0 Å². The zero-order valence-corrected chi connectivity index (χ0v) is 17.3. The zero-order chi connectivity index (χ0) is 19.4. The second-order valence-corrected chi connectivity index (χ2v) is 9.86. The normalized spacial score (nSPS) is 23.6. The summed E-state index contributed by atoms with van der Waals surface area (Å²) >= 11 is 1.81. The lowest BCUT2D eigenvalue weighted by molar-refractivity contribution is 0.0754. The molecule has 3 aromatic heterocycles. The van der Waals surface area contributed by atoms with Gasteiger partial charge in [-0.1, -0.05) is 18.2 Å². The molecule has 1 N–H and O–H groups in total. The van der Waals surface area contributed by atoms with Crippen LogP contribution in [-0.2, 0) is 0 Å². The van der Waals surface area contributed by atoms with E-state index in [0.717, 1.165) is 36.9 Å². The molecule has 0 radical (unpaired) electrons. The Morgan fingerprint density at radius 3 is 2.62 bits per heavy atom. The topological polar surface area (TPSA) is 37.5 Å². The van der Waals surface area contributed by atoms with Crippen LogP contribution in [-0.4, -0.2) is 14.5 Å². The number of fused-ring (bicyclic) bond motifs is 2. The fourth-order valence-corrected chi connectivity index (χ4v) is 6.08. The largest absolute Gasteiger partial charge is 0.387 e. The van der Waals surface area contributed by atoms with Crippen LogP contribution >= 0.6 is 11.3 Å². The van der Waals surface area contributed by atoms with Gasteiger partial charge >= 0.3 is 0 Å². The Bertz CT molecular complexity index is 1160. The summed E-state index contributed by atoms with van der Waals surface area (Å²) in [4.78, 5) is 4.34. The van der Waals surface area contributed by atoms with Crippen molar-refractivity contribution in [3.05, 3.63) is 71.1 Å². The number of imidazole rings is 1. The predicted molar refractivity (Wildman–Crippen MR) is 119 cm³/mol. The van der Waals surface area contributed by atoms with Gasteiger partial charge in [-0.2, -0.15) is 0 Å². The molecule has 0 amide bonds. The third kappa shape index (κ3) is 3.10. The first-order valence-corrected chi connectivity index (χ1v) is 11.8. The maximum Gasteiger partial charge on any atom is 0.0995 e. The monoisotopic (exact) mass is 402 g/mol. The number of aliphatic hydroxyl groups is 1. The second kappa shape index (κ2) is 6.96. The summed E-state index contributed by atoms with van der Waals surface area (Å²) < 4.78 is 3.51. The van der Waals surface area contributed by atoms with Gasteiger partial charge in [0, 0.05) is 4.70 Å². The number of aliphatic hydroxyl groups excluding tert-OH is 1. The van der Waals surface area contributed by atoms with E-state index in [1.54, 1.807) is 0 Å². The van der Waals surface area contributed by atoms with Crippen LogP contribution in [0.5, 0.6) is 0 Å². The third-order valence-corrected chi connectivity index (χ3v) is 8.02. The van der Waals surface area contributed by atoms with Crippen molar-refractivity contribution in [3.63, 3.8) is 0 Å². The van der Waals surface area contributed by atoms with Gasteiger partial charge in [0.25, 0.3) is 0 Å². The summed E-state index contributed by atoms with van der Waals surface area (Å²) in [6, 6.07) is 13.6. The average Bonchev–Trinajstić information content (AvgIpc) is 3.30. The maximum absolute atomic E-state index is 11.4. The molecule has 2 fully saturated rings. The first-order chi connectivity index (χ1) is 14.3. The van der Waals surface area contributed by atoms with Gasteiger partial charge in [0.1, 0.15) is 0 Å². The van der Waals surface area contributed by atoms with Crippen LogP contribution in [0.1, 0.15) is 73.3 Å². The Balaban J connectivity index is 1.24. The van der Waals surface area contributed by atoms with Crippen LogP contribution in [0.3, 0.4) is 0 Å². The minimum Gasteiger partial charge on any atom is -0.387 e. The van der Waals surface area contributed by atoms with E-state index in [2.05, 4.69) is 51.2 Å². The van der Waals surface area contributed by atoms with Crippen LogP contribution in [0.25, 0.3) is 15.6 Å². The highest BCUT2D eigenvalue weighted by atomic mass is 32.1. The fourth-order valence-electron chi connectivity index (χ4n) is 5.31. The number of benzene rings is 1. The van der Waals surface area contributed by atoms with Crippen molar-refractivity contribution in [1.29, 1.82) is 0 Å². The molecule has 2 saturated carbocycles. The molecule has 4 heteroatoms. The molecule has 0 saturated heterocycles. The van der Waals surface area contributed by atoms with Crippen LogP contribution in [0, 0.1) is 5.92 Å². The Labute approximate surface area is 175 Å². The van der Waals surface area contributed by atoms with E-state index >= 15 is 0 Å². The van der Waals surface area contributed by atoms with E-state index in [0.29, 0.717) is 17.8 Å². The van der Waals surface area contributed by atoms with Gasteiger partial charge in [-0.15, -0.1) is 11.3 Å². The highest BCUT2D eigenvalue weighted by molar-refractivity contribution is 7.17. The molecule has 6 rings (SSSR count). The molecule has 148 valence electrons. The van der Waals surface area contributed by atoms with Crippen molar-refractivity contribution in [2.45, 2.75) is 56.5 Å². The van der Waals surface area contributed by atoms with Gasteiger partial charge in [0.05, 0.1) is 29.8 Å². The van der Waals surface area contributed by atoms with E-state index in [4.69, 9.17) is 0 Å². The third-order valence-electron chi connectivity index (χ3n) is 7.12. The van der Waals surface area contributed by atoms with Gasteiger partial charge in [-0.05, 0) is 96.4 Å². The molecule has 0 bridgehead atoms. The fraction of sp³-hybridized carbons (Fsp3) is 0.400. The van der Waals surface area contributed by atoms with Crippen molar-refractivity contribution in [3.8, 4) is 0 Å². The molecule has 0 spiro atoms. The molecule has 4 aromatic rings. The lowest BCUT2D eigenvalue weighted by atomic mass is 9.75. The molecule has 3 nitrogen and oxygen atoms in total. The molecule has 1 aromatic carbocycles. The summed E-state index contributed by atoms with van der Waals surface area (Å²) in [6.07, 6.45) is 10.4. The predicted octanol–water partition coefficient (Wildman–Crippen LogP) is 6.43. The lowest BCUT2D eigenvalue weighted by Crippen LogP contribution is -2.22. The van der Waals surface area contributed by atoms with Crippen molar-refractivity contribution in [2.24, 2.45) is 5.92 Å². The van der Waals surface area contributed by atoms with E-state index in [9.17, 15) is 5.11 Å². The summed E-state index contributed by atoms with van der Waals surface area (Å²) in [5.41, 5.74) is 5.00. The first-order valence-electron chi connectivity index (χ1n) is 10.9. The van der Waals surface area contributed by atoms with Gasteiger partial charge < -0.3 is 9.51 Å². The summed E-state index contributed by atoms with van der Waals surface area (Å²) in [5, 5.41) is 15.0. The number of hydrogen-bond donors (Lipinski definition) is 1. The van der Waals surface area contributed by atoms with E-state index < -0.39 is 6.10 Å². The smallest absolute Gasteiger partial charge is 0.0995 e. The second-order valence-electron chi connectivity index (χ2n) is 8.91. The van der Waals surface area contributed by atoms with Crippen molar-refractivity contribution >= 4 is 26.9 Å². The quantitative estimate of drug-likeness (QED) is 0.427. The van der Waals surface area contributed by atoms with E-state index in [1.165, 1.54) is 34.1 Å². The van der Waals surface area contributed by atoms with E-state index in [1.807, 2.05) is 23.9 Å². The highest BCUT2D eigenvalue weighted by Crippen LogP contribution is 2.47. The zero-order valence-electron chi connectivity index (χ0n) is 16.5.